The van der Waals surface area contributed by atoms with E-state index in [0.717, 1.165) is 15.2 Å². The van der Waals surface area contributed by atoms with Crippen molar-refractivity contribution >= 4 is 29.2 Å². The molecule has 0 atom stereocenters. The number of hydrogen-bond acceptors (Lipinski definition) is 3. The molecule has 0 saturated heterocycles. The van der Waals surface area contributed by atoms with E-state index in [9.17, 15) is 0 Å². The maximum atomic E-state index is 4.70. The summed E-state index contributed by atoms with van der Waals surface area (Å²) in [5.41, 5.74) is 2.67. The minimum atomic E-state index is 0. The van der Waals surface area contributed by atoms with Gasteiger partial charge in [0.05, 0.1) is 13.1 Å². The molecule has 1 aromatic rings. The Morgan fingerprint density at radius 3 is 1.96 bits per heavy atom. The van der Waals surface area contributed by atoms with E-state index in [1.165, 1.54) is 88.0 Å². The lowest BCUT2D eigenvalue weighted by Gasteiger charge is -2.36. The molecule has 5 heteroatoms. The van der Waals surface area contributed by atoms with Gasteiger partial charge in [0.1, 0.15) is 10.7 Å². The Morgan fingerprint density at radius 1 is 0.893 bits per heavy atom. The third-order valence-electron chi connectivity index (χ3n) is 5.62. The zero-order valence-corrected chi connectivity index (χ0v) is 22.1. The molecule has 2 heterocycles. The first kappa shape index (κ1) is 26.2. The fraction of sp³-hybridized carbons (Fsp3) is 0.696. The van der Waals surface area contributed by atoms with Gasteiger partial charge in [0.2, 0.25) is 0 Å². The average Bonchev–Trinajstić information content (AvgIpc) is 3.20. The van der Waals surface area contributed by atoms with E-state index in [-0.39, 0.29) is 24.0 Å². The first-order chi connectivity index (χ1) is 13.1. The van der Waals surface area contributed by atoms with E-state index in [0.29, 0.717) is 0 Å². The summed E-state index contributed by atoms with van der Waals surface area (Å²) in [4.78, 5) is 4.70. The number of aryl methyl sites for hydroxylation is 1. The predicted molar refractivity (Wildman–Crippen MR) is 124 cm³/mol. The van der Waals surface area contributed by atoms with Crippen LogP contribution in [-0.4, -0.2) is 22.6 Å². The molecule has 1 aromatic heterocycles. The van der Waals surface area contributed by atoms with Gasteiger partial charge < -0.3 is 24.0 Å². The molecule has 1 aliphatic rings. The molecule has 0 aliphatic carbocycles. The van der Waals surface area contributed by atoms with E-state index < -0.39 is 0 Å². The smallest absolute Gasteiger partial charge is 0.179 e. The van der Waals surface area contributed by atoms with Crippen molar-refractivity contribution in [2.24, 2.45) is 0 Å². The van der Waals surface area contributed by atoms with Gasteiger partial charge in [-0.05, 0) is 44.4 Å². The molecule has 160 valence electrons. The Labute approximate surface area is 198 Å². The van der Waals surface area contributed by atoms with Crippen LogP contribution in [0.15, 0.2) is 21.5 Å². The zero-order valence-electron chi connectivity index (χ0n) is 18.3. The van der Waals surface area contributed by atoms with Crippen molar-refractivity contribution in [1.29, 1.82) is 0 Å². The molecule has 2 rings (SSSR count). The largest absolute Gasteiger partial charge is 1.00 e. The number of thiazole rings is 1. The van der Waals surface area contributed by atoms with Crippen molar-refractivity contribution in [2.45, 2.75) is 91.9 Å². The summed E-state index contributed by atoms with van der Waals surface area (Å²) < 4.78 is 1.08. The van der Waals surface area contributed by atoms with Crippen LogP contribution in [0.25, 0.3) is 6.08 Å². The fourth-order valence-corrected chi connectivity index (χ4v) is 5.87. The fourth-order valence-electron chi connectivity index (χ4n) is 3.88. The number of unbranched alkanes of at least 4 members (excludes halogenated alkanes) is 8. The van der Waals surface area contributed by atoms with E-state index in [4.69, 9.17) is 4.98 Å². The molecule has 0 amide bonds. The predicted octanol–water partition coefficient (Wildman–Crippen LogP) is 5.12. The van der Waals surface area contributed by atoms with E-state index in [1.54, 1.807) is 11.3 Å². The summed E-state index contributed by atoms with van der Waals surface area (Å²) in [6, 6.07) is 0. The number of aromatic nitrogens is 1. The lowest BCUT2D eigenvalue weighted by molar-refractivity contribution is -0.844. The Hall–Kier alpha value is 0.150. The van der Waals surface area contributed by atoms with Crippen molar-refractivity contribution in [1.82, 2.24) is 4.98 Å². The third kappa shape index (κ3) is 7.77. The first-order valence-electron chi connectivity index (χ1n) is 11.0. The minimum absolute atomic E-state index is 0. The molecule has 0 fully saturated rings. The Bertz CT molecular complexity index is 608. The Balaban J connectivity index is 0.00000392. The summed E-state index contributed by atoms with van der Waals surface area (Å²) >= 11 is 3.71. The average molecular weight is 535 g/mol. The van der Waals surface area contributed by atoms with E-state index >= 15 is 0 Å². The standard InChI is InChI=1S/C23H39N2S2.HI/c1-5-7-9-11-13-15-25(16-14-12-10-8-6-2)21(4)19-27-23(25)17-22-24-20(3)18-26-22;/h17-19H,5-16H2,1-4H3;1H/q+1;/p-1. The molecule has 0 spiro atoms. The van der Waals surface area contributed by atoms with Gasteiger partial charge in [-0.3, -0.25) is 4.48 Å². The molecule has 0 bridgehead atoms. The minimum Gasteiger partial charge on any atom is -1.00 e. The van der Waals surface area contributed by atoms with Crippen LogP contribution in [0.2, 0.25) is 0 Å². The number of thioether (sulfide) groups is 1. The molecule has 0 N–H and O–H groups in total. The molecule has 0 saturated carbocycles. The van der Waals surface area contributed by atoms with E-state index in [1.807, 2.05) is 11.8 Å². The highest BCUT2D eigenvalue weighted by atomic mass is 127. The van der Waals surface area contributed by atoms with Crippen LogP contribution in [0.5, 0.6) is 0 Å². The van der Waals surface area contributed by atoms with Crippen LogP contribution in [-0.2, 0) is 0 Å². The van der Waals surface area contributed by atoms with Gasteiger partial charge in [-0.2, -0.15) is 0 Å². The third-order valence-corrected chi connectivity index (χ3v) is 7.70. The van der Waals surface area contributed by atoms with Crippen molar-refractivity contribution in [3.8, 4) is 0 Å². The summed E-state index contributed by atoms with van der Waals surface area (Å²) in [7, 11) is 0. The normalized spacial score (nSPS) is 17.0. The summed E-state index contributed by atoms with van der Waals surface area (Å²) in [5.74, 6) is 0. The summed E-state index contributed by atoms with van der Waals surface area (Å²) in [6.07, 6.45) is 15.9. The lowest BCUT2D eigenvalue weighted by Crippen LogP contribution is -3.00. The number of hydrogen-bond donors (Lipinski definition) is 0. The van der Waals surface area contributed by atoms with Crippen LogP contribution >= 0.6 is 23.1 Å². The molecule has 28 heavy (non-hydrogen) atoms. The molecule has 0 radical (unpaired) electrons. The summed E-state index contributed by atoms with van der Waals surface area (Å²) in [6.45, 7) is 11.5. The SMILES string of the molecule is CCCCCCC[N+]1(CCCCCCC)C(C)=CSC1=Cc1nc(C)cs1.[I-]. The number of allylic oxidation sites excluding steroid dienone is 1. The first-order valence-corrected chi connectivity index (χ1v) is 12.7. The molecule has 1 aliphatic heterocycles. The Kier molecular flexibility index (Phi) is 13.3. The van der Waals surface area contributed by atoms with Gasteiger partial charge in [-0.15, -0.1) is 11.3 Å². The highest BCUT2D eigenvalue weighted by Gasteiger charge is 2.39. The molecule has 0 aromatic carbocycles. The maximum Gasteiger partial charge on any atom is 0.179 e. The highest BCUT2D eigenvalue weighted by Crippen LogP contribution is 2.44. The van der Waals surface area contributed by atoms with Crippen LogP contribution < -0.4 is 24.0 Å². The van der Waals surface area contributed by atoms with Crippen molar-refractivity contribution in [3.63, 3.8) is 0 Å². The summed E-state index contributed by atoms with van der Waals surface area (Å²) in [5, 5.41) is 7.21. The van der Waals surface area contributed by atoms with Crippen molar-refractivity contribution < 1.29 is 28.5 Å². The molecular weight excluding hydrogens is 495 g/mol. The Morgan fingerprint density at radius 2 is 1.46 bits per heavy atom. The maximum absolute atomic E-state index is 4.70. The topological polar surface area (TPSA) is 12.9 Å². The van der Waals surface area contributed by atoms with Gasteiger partial charge in [0, 0.05) is 29.5 Å². The monoisotopic (exact) mass is 534 g/mol. The number of halogens is 1. The van der Waals surface area contributed by atoms with Gasteiger partial charge in [0.25, 0.3) is 0 Å². The molecular formula is C23H39IN2S2. The lowest BCUT2D eigenvalue weighted by atomic mass is 10.1. The molecule has 0 unspecified atom stereocenters. The van der Waals surface area contributed by atoms with Gasteiger partial charge >= 0.3 is 0 Å². The highest BCUT2D eigenvalue weighted by molar-refractivity contribution is 8.05. The second-order valence-electron chi connectivity index (χ2n) is 7.93. The second-order valence-corrected chi connectivity index (χ2v) is 9.71. The number of rotatable bonds is 13. The van der Waals surface area contributed by atoms with Crippen LogP contribution in [0.1, 0.15) is 95.7 Å². The van der Waals surface area contributed by atoms with Gasteiger partial charge in [-0.1, -0.05) is 52.4 Å². The van der Waals surface area contributed by atoms with E-state index in [2.05, 4.69) is 44.6 Å². The molecule has 2 nitrogen and oxygen atoms in total. The zero-order chi connectivity index (χ0) is 19.5. The van der Waals surface area contributed by atoms with Crippen LogP contribution in [0.4, 0.5) is 0 Å². The number of quaternary nitrogens is 1. The second kappa shape index (κ2) is 14.2. The van der Waals surface area contributed by atoms with Crippen molar-refractivity contribution in [2.75, 3.05) is 13.1 Å². The van der Waals surface area contributed by atoms with Crippen LogP contribution in [0, 0.1) is 6.92 Å². The van der Waals surface area contributed by atoms with Gasteiger partial charge in [-0.25, -0.2) is 4.98 Å². The quantitative estimate of drug-likeness (QED) is 0.198. The number of nitrogens with zero attached hydrogens (tertiary/aromatic N) is 2. The van der Waals surface area contributed by atoms with Gasteiger partial charge in [0.15, 0.2) is 5.03 Å². The van der Waals surface area contributed by atoms with Crippen molar-refractivity contribution in [3.05, 3.63) is 32.2 Å². The van der Waals surface area contributed by atoms with Crippen LogP contribution in [0.3, 0.4) is 0 Å².